The number of hydrogen-bond donors (Lipinski definition) is 1. The van der Waals surface area contributed by atoms with Crippen molar-refractivity contribution in [3.05, 3.63) is 29.5 Å². The van der Waals surface area contributed by atoms with Gasteiger partial charge in [-0.25, -0.2) is 9.78 Å². The molecule has 2 heterocycles. The number of carboxylic acid groups (broad SMARTS) is 1. The minimum atomic E-state index is -0.939. The fourth-order valence-corrected chi connectivity index (χ4v) is 2.11. The van der Waals surface area contributed by atoms with E-state index in [1.165, 1.54) is 12.8 Å². The SMILES string of the molecule is Cc1cc(/C=C/C(=O)O)cnc1N1CCCC1. The Morgan fingerprint density at radius 3 is 2.76 bits per heavy atom. The number of nitrogens with zero attached hydrogens (tertiary/aromatic N) is 2. The summed E-state index contributed by atoms with van der Waals surface area (Å²) in [5.74, 6) is 0.0845. The fourth-order valence-electron chi connectivity index (χ4n) is 2.11. The lowest BCUT2D eigenvalue weighted by Gasteiger charge is -2.18. The third kappa shape index (κ3) is 2.84. The summed E-state index contributed by atoms with van der Waals surface area (Å²) in [7, 11) is 0. The summed E-state index contributed by atoms with van der Waals surface area (Å²) >= 11 is 0. The Bertz CT molecular complexity index is 449. The van der Waals surface area contributed by atoms with Gasteiger partial charge in [-0.15, -0.1) is 0 Å². The first-order valence-corrected chi connectivity index (χ1v) is 5.79. The van der Waals surface area contributed by atoms with Crippen LogP contribution in [0.1, 0.15) is 24.0 Å². The normalized spacial score (nSPS) is 15.7. The molecule has 1 aliphatic rings. The maximum atomic E-state index is 10.4. The van der Waals surface area contributed by atoms with Gasteiger partial charge in [0.15, 0.2) is 0 Å². The van der Waals surface area contributed by atoms with E-state index in [0.717, 1.165) is 36.1 Å². The van der Waals surface area contributed by atoms with E-state index in [4.69, 9.17) is 5.11 Å². The van der Waals surface area contributed by atoms with E-state index in [0.29, 0.717) is 0 Å². The molecule has 1 aliphatic heterocycles. The van der Waals surface area contributed by atoms with E-state index >= 15 is 0 Å². The van der Waals surface area contributed by atoms with Gasteiger partial charge in [0.2, 0.25) is 0 Å². The molecular weight excluding hydrogens is 216 g/mol. The van der Waals surface area contributed by atoms with Crippen LogP contribution in [0.25, 0.3) is 6.08 Å². The zero-order valence-electron chi connectivity index (χ0n) is 9.89. The van der Waals surface area contributed by atoms with E-state index in [2.05, 4.69) is 9.88 Å². The highest BCUT2D eigenvalue weighted by molar-refractivity contribution is 5.85. The molecule has 90 valence electrons. The minimum Gasteiger partial charge on any atom is -0.478 e. The number of hydrogen-bond acceptors (Lipinski definition) is 3. The Morgan fingerprint density at radius 1 is 1.47 bits per heavy atom. The summed E-state index contributed by atoms with van der Waals surface area (Å²) < 4.78 is 0. The number of carbonyl (C=O) groups is 1. The van der Waals surface area contributed by atoms with Gasteiger partial charge in [-0.1, -0.05) is 0 Å². The first-order valence-electron chi connectivity index (χ1n) is 5.79. The minimum absolute atomic E-state index is 0.827. The molecule has 0 atom stereocenters. The van der Waals surface area contributed by atoms with Crippen molar-refractivity contribution in [2.24, 2.45) is 0 Å². The van der Waals surface area contributed by atoms with Crippen LogP contribution in [-0.2, 0) is 4.79 Å². The van der Waals surface area contributed by atoms with Crippen molar-refractivity contribution < 1.29 is 9.90 Å². The second-order valence-corrected chi connectivity index (χ2v) is 4.27. The van der Waals surface area contributed by atoms with Crippen LogP contribution in [0.5, 0.6) is 0 Å². The number of rotatable bonds is 3. The van der Waals surface area contributed by atoms with Gasteiger partial charge in [-0.3, -0.25) is 0 Å². The summed E-state index contributed by atoms with van der Waals surface area (Å²) in [5, 5.41) is 8.56. The molecule has 0 aliphatic carbocycles. The molecule has 0 bridgehead atoms. The highest BCUT2D eigenvalue weighted by Gasteiger charge is 2.15. The van der Waals surface area contributed by atoms with Crippen LogP contribution in [-0.4, -0.2) is 29.1 Å². The molecule has 4 heteroatoms. The number of pyridine rings is 1. The molecule has 0 unspecified atom stereocenters. The predicted molar refractivity (Wildman–Crippen MR) is 67.1 cm³/mol. The Kier molecular flexibility index (Phi) is 3.42. The molecule has 0 radical (unpaired) electrons. The third-order valence-electron chi connectivity index (χ3n) is 2.90. The number of aryl methyl sites for hydroxylation is 1. The van der Waals surface area contributed by atoms with Gasteiger partial charge in [0.1, 0.15) is 5.82 Å². The van der Waals surface area contributed by atoms with E-state index in [1.807, 2.05) is 13.0 Å². The fraction of sp³-hybridized carbons (Fsp3) is 0.385. The summed E-state index contributed by atoms with van der Waals surface area (Å²) in [5.41, 5.74) is 1.92. The standard InChI is InChI=1S/C13H16N2O2/c1-10-8-11(4-5-12(16)17)9-14-13(10)15-6-2-3-7-15/h4-5,8-9H,2-3,6-7H2,1H3,(H,16,17)/b5-4+. The van der Waals surface area contributed by atoms with E-state index in [1.54, 1.807) is 12.3 Å². The van der Waals surface area contributed by atoms with Gasteiger partial charge in [-0.2, -0.15) is 0 Å². The molecule has 1 saturated heterocycles. The molecule has 0 amide bonds. The van der Waals surface area contributed by atoms with Crippen LogP contribution < -0.4 is 4.90 Å². The average molecular weight is 232 g/mol. The van der Waals surface area contributed by atoms with Gasteiger partial charge < -0.3 is 10.0 Å². The van der Waals surface area contributed by atoms with Crippen LogP contribution in [0.2, 0.25) is 0 Å². The van der Waals surface area contributed by atoms with Gasteiger partial charge in [0, 0.05) is 25.4 Å². The van der Waals surface area contributed by atoms with Crippen molar-refractivity contribution in [3.63, 3.8) is 0 Å². The lowest BCUT2D eigenvalue weighted by molar-refractivity contribution is -0.131. The van der Waals surface area contributed by atoms with Crippen molar-refractivity contribution in [2.75, 3.05) is 18.0 Å². The number of anilines is 1. The summed E-state index contributed by atoms with van der Waals surface area (Å²) in [6.07, 6.45) is 6.87. The van der Waals surface area contributed by atoms with Gasteiger partial charge >= 0.3 is 5.97 Å². The largest absolute Gasteiger partial charge is 0.478 e. The quantitative estimate of drug-likeness (QED) is 0.811. The van der Waals surface area contributed by atoms with Crippen LogP contribution in [0.4, 0.5) is 5.82 Å². The number of carboxylic acids is 1. The van der Waals surface area contributed by atoms with Crippen molar-refractivity contribution in [2.45, 2.75) is 19.8 Å². The molecule has 2 rings (SSSR count). The number of aromatic nitrogens is 1. The molecule has 1 fully saturated rings. The second-order valence-electron chi connectivity index (χ2n) is 4.27. The molecule has 4 nitrogen and oxygen atoms in total. The van der Waals surface area contributed by atoms with Crippen LogP contribution in [0.3, 0.4) is 0 Å². The van der Waals surface area contributed by atoms with Crippen LogP contribution in [0, 0.1) is 6.92 Å². The highest BCUT2D eigenvalue weighted by Crippen LogP contribution is 2.22. The zero-order valence-corrected chi connectivity index (χ0v) is 9.89. The number of aliphatic carboxylic acids is 1. The van der Waals surface area contributed by atoms with Crippen molar-refractivity contribution in [1.29, 1.82) is 0 Å². The highest BCUT2D eigenvalue weighted by atomic mass is 16.4. The Labute approximate surface area is 101 Å². The Balaban J connectivity index is 2.19. The van der Waals surface area contributed by atoms with Crippen molar-refractivity contribution in [1.82, 2.24) is 4.98 Å². The molecule has 0 aromatic carbocycles. The Hall–Kier alpha value is -1.84. The first kappa shape index (κ1) is 11.6. The molecule has 0 saturated carbocycles. The molecule has 0 spiro atoms. The zero-order chi connectivity index (χ0) is 12.3. The summed E-state index contributed by atoms with van der Waals surface area (Å²) in [6.45, 7) is 4.15. The maximum Gasteiger partial charge on any atom is 0.328 e. The summed E-state index contributed by atoms with van der Waals surface area (Å²) in [4.78, 5) is 17.1. The predicted octanol–water partition coefficient (Wildman–Crippen LogP) is 2.09. The first-order chi connectivity index (χ1) is 8.16. The van der Waals surface area contributed by atoms with Gasteiger partial charge in [-0.05, 0) is 43.0 Å². The van der Waals surface area contributed by atoms with Crippen molar-refractivity contribution >= 4 is 17.9 Å². The average Bonchev–Trinajstić information content (AvgIpc) is 2.79. The second kappa shape index (κ2) is 4.99. The molecule has 1 aromatic heterocycles. The van der Waals surface area contributed by atoms with E-state index < -0.39 is 5.97 Å². The Morgan fingerprint density at radius 2 is 2.18 bits per heavy atom. The van der Waals surface area contributed by atoms with Crippen molar-refractivity contribution in [3.8, 4) is 0 Å². The lowest BCUT2D eigenvalue weighted by Crippen LogP contribution is -2.20. The molecular formula is C13H16N2O2. The molecule has 17 heavy (non-hydrogen) atoms. The van der Waals surface area contributed by atoms with E-state index in [9.17, 15) is 4.79 Å². The van der Waals surface area contributed by atoms with E-state index in [-0.39, 0.29) is 0 Å². The van der Waals surface area contributed by atoms with Gasteiger partial charge in [0.25, 0.3) is 0 Å². The molecule has 1 aromatic rings. The monoisotopic (exact) mass is 232 g/mol. The smallest absolute Gasteiger partial charge is 0.328 e. The maximum absolute atomic E-state index is 10.4. The van der Waals surface area contributed by atoms with Crippen LogP contribution >= 0.6 is 0 Å². The topological polar surface area (TPSA) is 53.4 Å². The van der Waals surface area contributed by atoms with Crippen LogP contribution in [0.15, 0.2) is 18.3 Å². The summed E-state index contributed by atoms with van der Waals surface area (Å²) in [6, 6.07) is 1.97. The molecule has 1 N–H and O–H groups in total. The third-order valence-corrected chi connectivity index (χ3v) is 2.90. The van der Waals surface area contributed by atoms with Gasteiger partial charge in [0.05, 0.1) is 0 Å². The lowest BCUT2D eigenvalue weighted by atomic mass is 10.2.